The van der Waals surface area contributed by atoms with Gasteiger partial charge >= 0.3 is 0 Å². The Morgan fingerprint density at radius 1 is 1.27 bits per heavy atom. The molecule has 142 valence electrons. The van der Waals surface area contributed by atoms with Gasteiger partial charge in [0.05, 0.1) is 12.0 Å². The lowest BCUT2D eigenvalue weighted by atomic mass is 9.92. The molecule has 1 aromatic rings. The molecule has 5 heteroatoms. The van der Waals surface area contributed by atoms with Crippen molar-refractivity contribution in [2.45, 2.75) is 70.4 Å². The van der Waals surface area contributed by atoms with Gasteiger partial charge in [0.1, 0.15) is 0 Å². The van der Waals surface area contributed by atoms with Crippen molar-refractivity contribution in [3.8, 4) is 0 Å². The lowest BCUT2D eigenvalue weighted by Gasteiger charge is -2.27. The second kappa shape index (κ2) is 8.21. The predicted molar refractivity (Wildman–Crippen MR) is 102 cm³/mol. The largest absolute Gasteiger partial charge is 0.393 e. The number of nitrogens with one attached hydrogen (secondary N) is 1. The lowest BCUT2D eigenvalue weighted by Crippen LogP contribution is -2.42. The molecule has 0 aromatic heterocycles. The van der Waals surface area contributed by atoms with Gasteiger partial charge in [-0.3, -0.25) is 9.59 Å². The second-order valence-electron chi connectivity index (χ2n) is 7.79. The summed E-state index contributed by atoms with van der Waals surface area (Å²) in [6, 6.07) is 8.16. The molecule has 1 aliphatic heterocycles. The van der Waals surface area contributed by atoms with E-state index in [1.807, 2.05) is 18.2 Å². The molecule has 1 aromatic carbocycles. The van der Waals surface area contributed by atoms with Crippen LogP contribution in [0.5, 0.6) is 0 Å². The van der Waals surface area contributed by atoms with Crippen molar-refractivity contribution >= 4 is 17.5 Å². The van der Waals surface area contributed by atoms with E-state index in [1.165, 1.54) is 5.56 Å². The molecular formula is C21H30N2O3. The number of hydrogen-bond acceptors (Lipinski definition) is 3. The van der Waals surface area contributed by atoms with Crippen molar-refractivity contribution in [2.75, 3.05) is 11.4 Å². The molecule has 2 amide bonds. The molecule has 0 bridgehead atoms. The fourth-order valence-electron chi connectivity index (χ4n) is 4.03. The number of amides is 2. The molecule has 1 heterocycles. The van der Waals surface area contributed by atoms with Crippen LogP contribution in [-0.2, 0) is 9.59 Å². The quantitative estimate of drug-likeness (QED) is 0.850. The number of carbonyl (C=O) groups is 2. The highest BCUT2D eigenvalue weighted by molar-refractivity contribution is 6.01. The summed E-state index contributed by atoms with van der Waals surface area (Å²) in [6.45, 7) is 4.76. The standard InChI is InChI=1S/C21H30N2O3/c1-3-14(2)18-6-4-5-7-19(18)23-13-15(12-20(23)25)21(26)22-16-8-10-17(24)11-9-16/h4-7,14-17,24H,3,8-13H2,1-2H3,(H,22,26). The first-order valence-electron chi connectivity index (χ1n) is 9.87. The second-order valence-corrected chi connectivity index (χ2v) is 7.79. The van der Waals surface area contributed by atoms with Crippen LogP contribution in [-0.4, -0.2) is 35.6 Å². The average Bonchev–Trinajstić information content (AvgIpc) is 3.04. The van der Waals surface area contributed by atoms with Gasteiger partial charge in [0, 0.05) is 24.7 Å². The van der Waals surface area contributed by atoms with Crippen LogP contribution < -0.4 is 10.2 Å². The molecule has 0 spiro atoms. The number of para-hydroxylation sites is 1. The third-order valence-electron chi connectivity index (χ3n) is 5.91. The molecule has 1 saturated carbocycles. The summed E-state index contributed by atoms with van der Waals surface area (Å²) in [7, 11) is 0. The molecule has 2 N–H and O–H groups in total. The predicted octanol–water partition coefficient (Wildman–Crippen LogP) is 2.97. The van der Waals surface area contributed by atoms with Gasteiger partial charge < -0.3 is 15.3 Å². The van der Waals surface area contributed by atoms with Crippen LogP contribution in [0.4, 0.5) is 5.69 Å². The van der Waals surface area contributed by atoms with Gasteiger partial charge in [0.25, 0.3) is 0 Å². The number of hydrogen-bond donors (Lipinski definition) is 2. The molecule has 2 fully saturated rings. The Balaban J connectivity index is 1.66. The SMILES string of the molecule is CCC(C)c1ccccc1N1CC(C(=O)NC2CCC(O)CC2)CC1=O. The van der Waals surface area contributed by atoms with Gasteiger partial charge in [-0.1, -0.05) is 32.0 Å². The number of nitrogens with zero attached hydrogens (tertiary/aromatic N) is 1. The van der Waals surface area contributed by atoms with Crippen LogP contribution in [0.3, 0.4) is 0 Å². The van der Waals surface area contributed by atoms with Crippen molar-refractivity contribution in [1.29, 1.82) is 0 Å². The van der Waals surface area contributed by atoms with E-state index in [4.69, 9.17) is 0 Å². The lowest BCUT2D eigenvalue weighted by molar-refractivity contribution is -0.127. The maximum atomic E-state index is 12.6. The van der Waals surface area contributed by atoms with E-state index in [2.05, 4.69) is 25.2 Å². The van der Waals surface area contributed by atoms with Gasteiger partial charge in [-0.15, -0.1) is 0 Å². The molecule has 2 aliphatic rings. The summed E-state index contributed by atoms with van der Waals surface area (Å²) in [5.74, 6) is 0.0862. The molecule has 2 unspecified atom stereocenters. The molecule has 1 aliphatic carbocycles. The summed E-state index contributed by atoms with van der Waals surface area (Å²) in [5, 5.41) is 12.7. The Hall–Kier alpha value is -1.88. The highest BCUT2D eigenvalue weighted by atomic mass is 16.3. The molecule has 2 atom stereocenters. The molecule has 26 heavy (non-hydrogen) atoms. The van der Waals surface area contributed by atoms with Gasteiger partial charge in [-0.05, 0) is 49.7 Å². The summed E-state index contributed by atoms with van der Waals surface area (Å²) < 4.78 is 0. The van der Waals surface area contributed by atoms with Crippen molar-refractivity contribution < 1.29 is 14.7 Å². The van der Waals surface area contributed by atoms with E-state index in [-0.39, 0.29) is 36.3 Å². The van der Waals surface area contributed by atoms with Crippen LogP contribution in [0.2, 0.25) is 0 Å². The van der Waals surface area contributed by atoms with E-state index in [0.29, 0.717) is 12.5 Å². The summed E-state index contributed by atoms with van der Waals surface area (Å²) in [5.41, 5.74) is 2.12. The Bertz CT molecular complexity index is 652. The van der Waals surface area contributed by atoms with Crippen molar-refractivity contribution in [1.82, 2.24) is 5.32 Å². The minimum Gasteiger partial charge on any atom is -0.393 e. The zero-order chi connectivity index (χ0) is 18.7. The Labute approximate surface area is 155 Å². The smallest absolute Gasteiger partial charge is 0.227 e. The van der Waals surface area contributed by atoms with E-state index in [1.54, 1.807) is 4.90 Å². The van der Waals surface area contributed by atoms with Crippen molar-refractivity contribution in [2.24, 2.45) is 5.92 Å². The summed E-state index contributed by atoms with van der Waals surface area (Å²) in [4.78, 5) is 27.0. The Morgan fingerprint density at radius 3 is 2.65 bits per heavy atom. The molecule has 5 nitrogen and oxygen atoms in total. The van der Waals surface area contributed by atoms with E-state index in [9.17, 15) is 14.7 Å². The third kappa shape index (κ3) is 4.09. The maximum Gasteiger partial charge on any atom is 0.227 e. The Kier molecular flexibility index (Phi) is 5.97. The third-order valence-corrected chi connectivity index (χ3v) is 5.91. The van der Waals surface area contributed by atoms with E-state index < -0.39 is 0 Å². The minimum absolute atomic E-state index is 0.0248. The maximum absolute atomic E-state index is 12.6. The summed E-state index contributed by atoms with van der Waals surface area (Å²) >= 11 is 0. The number of aliphatic hydroxyl groups is 1. The van der Waals surface area contributed by atoms with Crippen LogP contribution in [0.15, 0.2) is 24.3 Å². The first-order valence-corrected chi connectivity index (χ1v) is 9.87. The van der Waals surface area contributed by atoms with Crippen LogP contribution in [0, 0.1) is 5.92 Å². The van der Waals surface area contributed by atoms with Crippen molar-refractivity contribution in [3.63, 3.8) is 0 Å². The molecule has 0 radical (unpaired) electrons. The van der Waals surface area contributed by atoms with Gasteiger partial charge in [0.2, 0.25) is 11.8 Å². The normalized spacial score (nSPS) is 27.4. The fraction of sp³-hybridized carbons (Fsp3) is 0.619. The topological polar surface area (TPSA) is 69.6 Å². The van der Waals surface area contributed by atoms with Gasteiger partial charge in [-0.25, -0.2) is 0 Å². The first-order chi connectivity index (χ1) is 12.5. The highest BCUT2D eigenvalue weighted by Gasteiger charge is 2.37. The van der Waals surface area contributed by atoms with Gasteiger partial charge in [-0.2, -0.15) is 0 Å². The number of carbonyl (C=O) groups excluding carboxylic acids is 2. The first kappa shape index (κ1) is 18.9. The van der Waals surface area contributed by atoms with Crippen molar-refractivity contribution in [3.05, 3.63) is 29.8 Å². The van der Waals surface area contributed by atoms with Gasteiger partial charge in [0.15, 0.2) is 0 Å². The number of aliphatic hydroxyl groups excluding tert-OH is 1. The minimum atomic E-state index is -0.292. The number of rotatable bonds is 5. The zero-order valence-electron chi connectivity index (χ0n) is 15.8. The average molecular weight is 358 g/mol. The van der Waals surface area contributed by atoms with E-state index >= 15 is 0 Å². The molecule has 3 rings (SSSR count). The highest BCUT2D eigenvalue weighted by Crippen LogP contribution is 2.33. The number of benzene rings is 1. The zero-order valence-corrected chi connectivity index (χ0v) is 15.8. The Morgan fingerprint density at radius 2 is 1.96 bits per heavy atom. The summed E-state index contributed by atoms with van der Waals surface area (Å²) in [6.07, 6.45) is 4.16. The molecular weight excluding hydrogens is 328 g/mol. The van der Waals surface area contributed by atoms with Crippen LogP contribution in [0.25, 0.3) is 0 Å². The monoisotopic (exact) mass is 358 g/mol. The van der Waals surface area contributed by atoms with Crippen LogP contribution >= 0.6 is 0 Å². The van der Waals surface area contributed by atoms with Crippen LogP contribution in [0.1, 0.15) is 63.9 Å². The van der Waals surface area contributed by atoms with E-state index in [0.717, 1.165) is 37.8 Å². The molecule has 1 saturated heterocycles. The number of anilines is 1. The fourth-order valence-corrected chi connectivity index (χ4v) is 4.03.